The van der Waals surface area contributed by atoms with Crippen LogP contribution >= 0.6 is 0 Å². The fourth-order valence-corrected chi connectivity index (χ4v) is 2.01. The number of sulfone groups is 1. The van der Waals surface area contributed by atoms with Crippen molar-refractivity contribution in [3.05, 3.63) is 24.0 Å². The van der Waals surface area contributed by atoms with Crippen molar-refractivity contribution in [3.8, 4) is 5.75 Å². The van der Waals surface area contributed by atoms with Gasteiger partial charge in [0.25, 0.3) is 0 Å². The van der Waals surface area contributed by atoms with Crippen molar-refractivity contribution in [1.82, 2.24) is 0 Å². The van der Waals surface area contributed by atoms with Gasteiger partial charge in [-0.25, -0.2) is 12.8 Å². The predicted molar refractivity (Wildman–Crippen MR) is 64.5 cm³/mol. The normalized spacial score (nSPS) is 11.8. The minimum atomic E-state index is -3.51. The molecular weight excluding hydrogens is 243 g/mol. The first kappa shape index (κ1) is 14.0. The molecule has 96 valence electrons. The molecule has 0 heterocycles. The highest BCUT2D eigenvalue weighted by Crippen LogP contribution is 2.20. The summed E-state index contributed by atoms with van der Waals surface area (Å²) in [4.78, 5) is -0.297. The summed E-state index contributed by atoms with van der Waals surface area (Å²) in [5, 5.41) is 0. The van der Waals surface area contributed by atoms with E-state index in [0.717, 1.165) is 18.7 Å². The highest BCUT2D eigenvalue weighted by Gasteiger charge is 2.14. The lowest BCUT2D eigenvalue weighted by atomic mass is 10.1. The Morgan fingerprint density at radius 3 is 2.47 bits per heavy atom. The molecule has 1 aromatic carbocycles. The Kier molecular flexibility index (Phi) is 4.51. The molecule has 1 aromatic rings. The van der Waals surface area contributed by atoms with E-state index in [0.29, 0.717) is 18.3 Å². The lowest BCUT2D eigenvalue weighted by Gasteiger charge is -2.09. The maximum absolute atomic E-state index is 13.5. The van der Waals surface area contributed by atoms with Gasteiger partial charge in [0.2, 0.25) is 0 Å². The second-order valence-electron chi connectivity index (χ2n) is 4.40. The molecule has 0 aromatic heterocycles. The summed E-state index contributed by atoms with van der Waals surface area (Å²) in [6.07, 6.45) is 1.85. The Hall–Kier alpha value is -1.10. The molecule has 0 fully saturated rings. The van der Waals surface area contributed by atoms with E-state index in [9.17, 15) is 12.8 Å². The Morgan fingerprint density at radius 1 is 1.35 bits per heavy atom. The minimum Gasteiger partial charge on any atom is -0.493 e. The standard InChI is InChI=1S/C12H17FO3S/c1-9(2)6-7-16-10-4-5-12(11(13)8-10)17(3,14)15/h4-5,8-9H,6-7H2,1-3H3. The van der Waals surface area contributed by atoms with E-state index in [1.807, 2.05) is 0 Å². The molecule has 1 rings (SSSR count). The molecule has 0 saturated carbocycles. The molecule has 0 spiro atoms. The molecule has 0 aliphatic rings. The average Bonchev–Trinajstić information content (AvgIpc) is 2.14. The summed E-state index contributed by atoms with van der Waals surface area (Å²) in [6.45, 7) is 4.63. The van der Waals surface area contributed by atoms with Gasteiger partial charge < -0.3 is 4.74 Å². The van der Waals surface area contributed by atoms with Crippen LogP contribution in [0, 0.1) is 11.7 Å². The van der Waals surface area contributed by atoms with Crippen LogP contribution in [-0.4, -0.2) is 21.3 Å². The third kappa shape index (κ3) is 4.34. The molecule has 0 aliphatic carbocycles. The largest absolute Gasteiger partial charge is 0.493 e. The summed E-state index contributed by atoms with van der Waals surface area (Å²) in [7, 11) is -3.51. The van der Waals surface area contributed by atoms with Gasteiger partial charge in [-0.15, -0.1) is 0 Å². The molecule has 0 amide bonds. The van der Waals surface area contributed by atoms with Crippen molar-refractivity contribution >= 4 is 9.84 Å². The second kappa shape index (κ2) is 5.49. The highest BCUT2D eigenvalue weighted by molar-refractivity contribution is 7.90. The van der Waals surface area contributed by atoms with E-state index in [4.69, 9.17) is 4.74 Å². The number of hydrogen-bond acceptors (Lipinski definition) is 3. The SMILES string of the molecule is CC(C)CCOc1ccc(S(C)(=O)=O)c(F)c1. The predicted octanol–water partition coefficient (Wildman–Crippen LogP) is 2.65. The molecule has 0 unspecified atom stereocenters. The van der Waals surface area contributed by atoms with Crippen LogP contribution in [0.4, 0.5) is 4.39 Å². The van der Waals surface area contributed by atoms with Crippen molar-refractivity contribution < 1.29 is 17.5 Å². The topological polar surface area (TPSA) is 43.4 Å². The number of ether oxygens (including phenoxy) is 1. The molecule has 0 aliphatic heterocycles. The first-order chi connectivity index (χ1) is 7.80. The van der Waals surface area contributed by atoms with Crippen molar-refractivity contribution in [2.24, 2.45) is 5.92 Å². The van der Waals surface area contributed by atoms with Gasteiger partial charge in [-0.2, -0.15) is 0 Å². The van der Waals surface area contributed by atoms with E-state index < -0.39 is 15.7 Å². The molecule has 0 bridgehead atoms. The lowest BCUT2D eigenvalue weighted by Crippen LogP contribution is -2.04. The number of benzene rings is 1. The molecule has 0 radical (unpaired) electrons. The quantitative estimate of drug-likeness (QED) is 0.817. The second-order valence-corrected chi connectivity index (χ2v) is 6.38. The van der Waals surface area contributed by atoms with E-state index in [1.165, 1.54) is 12.1 Å². The highest BCUT2D eigenvalue weighted by atomic mass is 32.2. The van der Waals surface area contributed by atoms with Gasteiger partial charge in [0.1, 0.15) is 16.5 Å². The molecule has 0 atom stereocenters. The summed E-state index contributed by atoms with van der Waals surface area (Å²) in [6, 6.07) is 3.81. The van der Waals surface area contributed by atoms with Gasteiger partial charge in [-0.1, -0.05) is 13.8 Å². The van der Waals surface area contributed by atoms with E-state index in [2.05, 4.69) is 13.8 Å². The Labute approximate surface area is 102 Å². The van der Waals surface area contributed by atoms with Gasteiger partial charge in [0.15, 0.2) is 9.84 Å². The number of rotatable bonds is 5. The van der Waals surface area contributed by atoms with E-state index in [1.54, 1.807) is 0 Å². The minimum absolute atomic E-state index is 0.297. The fraction of sp³-hybridized carbons (Fsp3) is 0.500. The first-order valence-electron chi connectivity index (χ1n) is 5.43. The zero-order valence-electron chi connectivity index (χ0n) is 10.2. The first-order valence-corrected chi connectivity index (χ1v) is 7.32. The van der Waals surface area contributed by atoms with Crippen LogP contribution in [0.2, 0.25) is 0 Å². The van der Waals surface area contributed by atoms with Gasteiger partial charge in [0.05, 0.1) is 6.61 Å². The number of hydrogen-bond donors (Lipinski definition) is 0. The van der Waals surface area contributed by atoms with Crippen LogP contribution in [0.1, 0.15) is 20.3 Å². The van der Waals surface area contributed by atoms with Crippen molar-refractivity contribution in [2.75, 3.05) is 12.9 Å². The third-order valence-electron chi connectivity index (χ3n) is 2.27. The van der Waals surface area contributed by atoms with Crippen LogP contribution in [0.3, 0.4) is 0 Å². The molecule has 3 nitrogen and oxygen atoms in total. The van der Waals surface area contributed by atoms with E-state index >= 15 is 0 Å². The molecule has 0 N–H and O–H groups in total. The average molecular weight is 260 g/mol. The Balaban J connectivity index is 2.76. The van der Waals surface area contributed by atoms with Crippen LogP contribution in [0.25, 0.3) is 0 Å². The smallest absolute Gasteiger partial charge is 0.178 e. The Morgan fingerprint density at radius 2 is 2.00 bits per heavy atom. The van der Waals surface area contributed by atoms with Crippen LogP contribution in [-0.2, 0) is 9.84 Å². The van der Waals surface area contributed by atoms with Gasteiger partial charge >= 0.3 is 0 Å². The third-order valence-corrected chi connectivity index (χ3v) is 3.40. The molecule has 5 heteroatoms. The van der Waals surface area contributed by atoms with Crippen molar-refractivity contribution in [1.29, 1.82) is 0 Å². The van der Waals surface area contributed by atoms with Crippen molar-refractivity contribution in [3.63, 3.8) is 0 Å². The molecule has 0 saturated heterocycles. The molecular formula is C12H17FO3S. The Bertz CT molecular complexity index is 481. The lowest BCUT2D eigenvalue weighted by molar-refractivity contribution is 0.288. The fourth-order valence-electron chi connectivity index (χ4n) is 1.28. The zero-order valence-corrected chi connectivity index (χ0v) is 11.1. The van der Waals surface area contributed by atoms with Gasteiger partial charge in [-0.05, 0) is 24.5 Å². The summed E-state index contributed by atoms with van der Waals surface area (Å²) < 4.78 is 41.2. The summed E-state index contributed by atoms with van der Waals surface area (Å²) in [5.41, 5.74) is 0. The maximum atomic E-state index is 13.5. The van der Waals surface area contributed by atoms with Crippen LogP contribution in [0.15, 0.2) is 23.1 Å². The van der Waals surface area contributed by atoms with Gasteiger partial charge in [0, 0.05) is 12.3 Å². The summed E-state index contributed by atoms with van der Waals surface area (Å²) in [5.74, 6) is 0.0974. The number of halogens is 1. The van der Waals surface area contributed by atoms with E-state index in [-0.39, 0.29) is 4.90 Å². The van der Waals surface area contributed by atoms with Crippen LogP contribution in [0.5, 0.6) is 5.75 Å². The summed E-state index contributed by atoms with van der Waals surface area (Å²) >= 11 is 0. The maximum Gasteiger partial charge on any atom is 0.178 e. The monoisotopic (exact) mass is 260 g/mol. The van der Waals surface area contributed by atoms with Crippen molar-refractivity contribution in [2.45, 2.75) is 25.2 Å². The molecule has 17 heavy (non-hydrogen) atoms. The van der Waals surface area contributed by atoms with Gasteiger partial charge in [-0.3, -0.25) is 0 Å². The van der Waals surface area contributed by atoms with Crippen LogP contribution < -0.4 is 4.74 Å². The zero-order chi connectivity index (χ0) is 13.1.